The summed E-state index contributed by atoms with van der Waals surface area (Å²) in [5.41, 5.74) is 0.950. The van der Waals surface area contributed by atoms with E-state index in [0.717, 1.165) is 23.5 Å². The zero-order valence-corrected chi connectivity index (χ0v) is 15.9. The van der Waals surface area contributed by atoms with Gasteiger partial charge < -0.3 is 0 Å². The molecule has 28 heavy (non-hydrogen) atoms. The van der Waals surface area contributed by atoms with Crippen LogP contribution in [0.5, 0.6) is 0 Å². The number of hydrogen-bond acceptors (Lipinski definition) is 5. The monoisotopic (exact) mass is 408 g/mol. The van der Waals surface area contributed by atoms with Gasteiger partial charge in [-0.15, -0.1) is 11.3 Å². The van der Waals surface area contributed by atoms with E-state index in [2.05, 4.69) is 15.4 Å². The fraction of sp³-hybridized carbons (Fsp3) is 0.222. The Kier molecular flexibility index (Phi) is 5.07. The van der Waals surface area contributed by atoms with Crippen molar-refractivity contribution < 1.29 is 22.8 Å². The number of anilines is 1. The van der Waals surface area contributed by atoms with Crippen LogP contribution in [0.25, 0.3) is 11.3 Å². The molecule has 1 aromatic carbocycles. The highest BCUT2D eigenvalue weighted by atomic mass is 32.1. The van der Waals surface area contributed by atoms with Crippen LogP contribution in [0, 0.1) is 13.8 Å². The van der Waals surface area contributed by atoms with Gasteiger partial charge in [-0.25, -0.2) is 4.98 Å². The van der Waals surface area contributed by atoms with Crippen molar-refractivity contribution in [2.24, 2.45) is 7.05 Å². The highest BCUT2D eigenvalue weighted by molar-refractivity contribution is 7.14. The van der Waals surface area contributed by atoms with Crippen LogP contribution in [-0.2, 0) is 18.0 Å². The van der Waals surface area contributed by atoms with Gasteiger partial charge in [-0.05, 0) is 26.0 Å². The lowest BCUT2D eigenvalue weighted by Gasteiger charge is -2.07. The fourth-order valence-corrected chi connectivity index (χ4v) is 3.40. The Balaban J connectivity index is 1.80. The summed E-state index contributed by atoms with van der Waals surface area (Å²) in [6.45, 7) is 3.30. The number of hydrogen-bond donors (Lipinski definition) is 1. The Morgan fingerprint density at radius 1 is 1.21 bits per heavy atom. The number of alkyl halides is 3. The maximum Gasteiger partial charge on any atom is 0.416 e. The third kappa shape index (κ3) is 3.81. The molecule has 0 saturated heterocycles. The minimum atomic E-state index is -4.46. The molecule has 10 heteroatoms. The third-order valence-electron chi connectivity index (χ3n) is 4.15. The van der Waals surface area contributed by atoms with E-state index in [1.54, 1.807) is 20.9 Å². The van der Waals surface area contributed by atoms with Crippen molar-refractivity contribution >= 4 is 28.2 Å². The lowest BCUT2D eigenvalue weighted by Crippen LogP contribution is -2.23. The molecule has 3 aromatic rings. The summed E-state index contributed by atoms with van der Waals surface area (Å²) in [6, 6.07) is 4.72. The van der Waals surface area contributed by atoms with Gasteiger partial charge in [-0.1, -0.05) is 12.1 Å². The van der Waals surface area contributed by atoms with Crippen LogP contribution in [0.15, 0.2) is 29.6 Å². The predicted molar refractivity (Wildman–Crippen MR) is 98.2 cm³/mol. The highest BCUT2D eigenvalue weighted by Crippen LogP contribution is 2.33. The molecular formula is C18H15F3N4O2S. The Bertz CT molecular complexity index is 1070. The summed E-state index contributed by atoms with van der Waals surface area (Å²) >= 11 is 1.01. The molecule has 0 saturated carbocycles. The van der Waals surface area contributed by atoms with Gasteiger partial charge in [-0.3, -0.25) is 19.6 Å². The maximum atomic E-state index is 12.9. The molecule has 0 aliphatic carbocycles. The Labute approximate surface area is 162 Å². The van der Waals surface area contributed by atoms with Crippen molar-refractivity contribution in [1.29, 1.82) is 0 Å². The molecule has 0 unspecified atom stereocenters. The second-order valence-electron chi connectivity index (χ2n) is 6.07. The molecule has 3 rings (SSSR count). The number of Topliss-reactive ketones (excluding diaryl/α,β-unsaturated/α-hetero) is 1. The van der Waals surface area contributed by atoms with Crippen LogP contribution in [0.4, 0.5) is 18.3 Å². The van der Waals surface area contributed by atoms with Crippen LogP contribution in [-0.4, -0.2) is 26.5 Å². The molecule has 1 amide bonds. The minimum absolute atomic E-state index is 0.116. The average Bonchev–Trinajstić information content (AvgIpc) is 3.18. The van der Waals surface area contributed by atoms with Crippen LogP contribution < -0.4 is 5.32 Å². The second-order valence-corrected chi connectivity index (χ2v) is 6.93. The molecule has 146 valence electrons. The van der Waals surface area contributed by atoms with Gasteiger partial charge in [0.1, 0.15) is 0 Å². The fourth-order valence-electron chi connectivity index (χ4n) is 2.69. The van der Waals surface area contributed by atoms with Crippen LogP contribution >= 0.6 is 11.3 Å². The quantitative estimate of drug-likeness (QED) is 0.523. The molecule has 1 N–H and O–H groups in total. The van der Waals surface area contributed by atoms with E-state index >= 15 is 0 Å². The zero-order chi connectivity index (χ0) is 20.6. The molecule has 0 radical (unpaired) electrons. The van der Waals surface area contributed by atoms with E-state index in [1.807, 2.05) is 0 Å². The van der Waals surface area contributed by atoms with Gasteiger partial charge in [0.25, 0.3) is 11.7 Å². The molecule has 2 heterocycles. The Morgan fingerprint density at radius 3 is 2.54 bits per heavy atom. The lowest BCUT2D eigenvalue weighted by molar-refractivity contribution is -0.137. The molecule has 0 aliphatic heterocycles. The number of halogens is 3. The number of benzene rings is 1. The molecule has 0 bridgehead atoms. The van der Waals surface area contributed by atoms with E-state index < -0.39 is 23.4 Å². The summed E-state index contributed by atoms with van der Waals surface area (Å²) in [7, 11) is 1.67. The summed E-state index contributed by atoms with van der Waals surface area (Å²) in [4.78, 5) is 28.8. The maximum absolute atomic E-state index is 12.9. The molecule has 0 aliphatic rings. The summed E-state index contributed by atoms with van der Waals surface area (Å²) in [5, 5.41) is 8.13. The number of carbonyl (C=O) groups is 2. The van der Waals surface area contributed by atoms with Crippen LogP contribution in [0.2, 0.25) is 0 Å². The molecule has 2 aromatic heterocycles. The first-order chi connectivity index (χ1) is 13.1. The van der Waals surface area contributed by atoms with Crippen molar-refractivity contribution in [3.05, 3.63) is 52.2 Å². The molecule has 0 atom stereocenters. The standard InChI is InChI=1S/C18H15F3N4O2S/c1-9-14(10(2)25(3)24-9)15(26)16(27)23-17-22-13(8-28-17)11-5-4-6-12(7-11)18(19,20)21/h4-8H,1-3H3,(H,22,23,27). The van der Waals surface area contributed by atoms with Gasteiger partial charge in [0, 0.05) is 23.7 Å². The van der Waals surface area contributed by atoms with Gasteiger partial charge >= 0.3 is 6.18 Å². The van der Waals surface area contributed by atoms with E-state index in [-0.39, 0.29) is 22.0 Å². The number of ketones is 1. The first-order valence-electron chi connectivity index (χ1n) is 8.07. The second kappa shape index (κ2) is 7.19. The molecule has 6 nitrogen and oxygen atoms in total. The van der Waals surface area contributed by atoms with Crippen molar-refractivity contribution in [2.45, 2.75) is 20.0 Å². The number of thiazole rings is 1. The molecular weight excluding hydrogens is 393 g/mol. The molecule has 0 fully saturated rings. The first kappa shape index (κ1) is 19.7. The van der Waals surface area contributed by atoms with Crippen molar-refractivity contribution in [1.82, 2.24) is 14.8 Å². The largest absolute Gasteiger partial charge is 0.416 e. The van der Waals surface area contributed by atoms with Gasteiger partial charge in [0.2, 0.25) is 0 Å². The average molecular weight is 408 g/mol. The minimum Gasteiger partial charge on any atom is -0.295 e. The Morgan fingerprint density at radius 2 is 1.93 bits per heavy atom. The van der Waals surface area contributed by atoms with Crippen molar-refractivity contribution in [3.63, 3.8) is 0 Å². The van der Waals surface area contributed by atoms with Crippen LogP contribution in [0.1, 0.15) is 27.3 Å². The SMILES string of the molecule is Cc1nn(C)c(C)c1C(=O)C(=O)Nc1nc(-c2cccc(C(F)(F)F)c2)cs1. The smallest absolute Gasteiger partial charge is 0.295 e. The highest BCUT2D eigenvalue weighted by Gasteiger charge is 2.30. The summed E-state index contributed by atoms with van der Waals surface area (Å²) in [6.07, 6.45) is -4.46. The topological polar surface area (TPSA) is 76.9 Å². The number of aromatic nitrogens is 3. The molecule has 0 spiro atoms. The van der Waals surface area contributed by atoms with Crippen molar-refractivity contribution in [3.8, 4) is 11.3 Å². The van der Waals surface area contributed by atoms with E-state index in [1.165, 1.54) is 22.2 Å². The zero-order valence-electron chi connectivity index (χ0n) is 15.1. The van der Waals surface area contributed by atoms with Crippen molar-refractivity contribution in [2.75, 3.05) is 5.32 Å². The summed E-state index contributed by atoms with van der Waals surface area (Å²) in [5.74, 6) is -1.64. The normalized spacial score (nSPS) is 11.5. The van der Waals surface area contributed by atoms with E-state index in [9.17, 15) is 22.8 Å². The predicted octanol–water partition coefficient (Wildman–Crippen LogP) is 4.00. The van der Waals surface area contributed by atoms with Crippen LogP contribution in [0.3, 0.4) is 0 Å². The number of nitrogens with zero attached hydrogens (tertiary/aromatic N) is 3. The lowest BCUT2D eigenvalue weighted by atomic mass is 10.1. The number of rotatable bonds is 4. The van der Waals surface area contributed by atoms with Gasteiger partial charge in [0.05, 0.1) is 22.5 Å². The Hall–Kier alpha value is -3.01. The van der Waals surface area contributed by atoms with Gasteiger partial charge in [-0.2, -0.15) is 18.3 Å². The third-order valence-corrected chi connectivity index (χ3v) is 4.91. The van der Waals surface area contributed by atoms with E-state index in [0.29, 0.717) is 11.4 Å². The number of carbonyl (C=O) groups excluding carboxylic acids is 2. The summed E-state index contributed by atoms with van der Waals surface area (Å²) < 4.78 is 40.1. The number of amides is 1. The van der Waals surface area contributed by atoms with E-state index in [4.69, 9.17) is 0 Å². The van der Waals surface area contributed by atoms with Gasteiger partial charge in [0.15, 0.2) is 5.13 Å². The first-order valence-corrected chi connectivity index (χ1v) is 8.95. The number of aryl methyl sites for hydroxylation is 2. The number of nitrogens with one attached hydrogen (secondary N) is 1.